The fraction of sp³-hybridized carbons (Fsp3) is 1.00. The molecule has 0 unspecified atom stereocenters. The lowest BCUT2D eigenvalue weighted by molar-refractivity contribution is -0.182. The van der Waals surface area contributed by atoms with E-state index in [0.717, 1.165) is 25.7 Å². The highest BCUT2D eigenvalue weighted by molar-refractivity contribution is 4.90. The average Bonchev–Trinajstić information content (AvgIpc) is 2.36. The molecule has 0 aromatic heterocycles. The van der Waals surface area contributed by atoms with E-state index < -0.39 is 0 Å². The van der Waals surface area contributed by atoms with Crippen LogP contribution in [0, 0.1) is 5.41 Å². The van der Waals surface area contributed by atoms with Crippen molar-refractivity contribution < 1.29 is 9.47 Å². The summed E-state index contributed by atoms with van der Waals surface area (Å²) < 4.78 is 12.3. The van der Waals surface area contributed by atoms with Crippen molar-refractivity contribution in [1.82, 2.24) is 0 Å². The van der Waals surface area contributed by atoms with E-state index in [0.29, 0.717) is 5.41 Å². The fourth-order valence-corrected chi connectivity index (χ4v) is 3.40. The standard InChI is InChI=1S/C19H40O2/c1-11-16(4,5)14-19(12-2,13-3)21-18(8,9)15-17(6,7)20-10/h11-15H2,1-10H3. The van der Waals surface area contributed by atoms with Gasteiger partial charge < -0.3 is 9.47 Å². The van der Waals surface area contributed by atoms with Crippen molar-refractivity contribution in [2.45, 2.75) is 111 Å². The molecule has 0 saturated carbocycles. The molecule has 0 aromatic carbocycles. The van der Waals surface area contributed by atoms with E-state index in [1.165, 1.54) is 6.42 Å². The van der Waals surface area contributed by atoms with Crippen LogP contribution in [0.1, 0.15) is 94.4 Å². The Hall–Kier alpha value is -0.0800. The zero-order valence-corrected chi connectivity index (χ0v) is 16.4. The Morgan fingerprint density at radius 1 is 0.667 bits per heavy atom. The van der Waals surface area contributed by atoms with Gasteiger partial charge in [0.15, 0.2) is 0 Å². The molecule has 0 fully saturated rings. The number of hydrogen-bond acceptors (Lipinski definition) is 2. The Morgan fingerprint density at radius 2 is 1.14 bits per heavy atom. The highest BCUT2D eigenvalue weighted by atomic mass is 16.5. The second-order valence-electron chi connectivity index (χ2n) is 8.59. The van der Waals surface area contributed by atoms with Gasteiger partial charge in [0.25, 0.3) is 0 Å². The second-order valence-corrected chi connectivity index (χ2v) is 8.59. The van der Waals surface area contributed by atoms with Gasteiger partial charge in [-0.1, -0.05) is 41.0 Å². The van der Waals surface area contributed by atoms with Crippen LogP contribution in [-0.4, -0.2) is 23.9 Å². The summed E-state index contributed by atoms with van der Waals surface area (Å²) in [5.41, 5.74) is -0.0575. The second kappa shape index (κ2) is 7.46. The van der Waals surface area contributed by atoms with Crippen LogP contribution < -0.4 is 0 Å². The van der Waals surface area contributed by atoms with Gasteiger partial charge in [0, 0.05) is 13.5 Å². The van der Waals surface area contributed by atoms with E-state index in [1.54, 1.807) is 7.11 Å². The Bertz CT molecular complexity index is 299. The Morgan fingerprint density at radius 3 is 1.48 bits per heavy atom. The summed E-state index contributed by atoms with van der Waals surface area (Å²) in [4.78, 5) is 0. The number of methoxy groups -OCH3 is 1. The van der Waals surface area contributed by atoms with Crippen molar-refractivity contribution in [2.75, 3.05) is 7.11 Å². The van der Waals surface area contributed by atoms with E-state index in [1.807, 2.05) is 0 Å². The van der Waals surface area contributed by atoms with Gasteiger partial charge in [0.1, 0.15) is 0 Å². The van der Waals surface area contributed by atoms with Gasteiger partial charge in [-0.2, -0.15) is 0 Å². The number of rotatable bonds is 10. The molecule has 128 valence electrons. The highest BCUT2D eigenvalue weighted by Crippen LogP contribution is 2.41. The molecule has 0 atom stereocenters. The van der Waals surface area contributed by atoms with Crippen LogP contribution in [0.4, 0.5) is 0 Å². The first kappa shape index (κ1) is 20.9. The third-order valence-electron chi connectivity index (χ3n) is 4.94. The minimum Gasteiger partial charge on any atom is -0.379 e. The van der Waals surface area contributed by atoms with Crippen LogP contribution in [0.25, 0.3) is 0 Å². The first-order valence-electron chi connectivity index (χ1n) is 8.62. The molecule has 0 radical (unpaired) electrons. The third-order valence-corrected chi connectivity index (χ3v) is 4.94. The minimum atomic E-state index is -0.185. The van der Waals surface area contributed by atoms with Crippen LogP contribution in [0.2, 0.25) is 0 Å². The molecular weight excluding hydrogens is 260 g/mol. The maximum atomic E-state index is 6.72. The summed E-state index contributed by atoms with van der Waals surface area (Å²) in [6.07, 6.45) is 5.31. The zero-order chi connectivity index (χ0) is 16.9. The molecule has 0 aliphatic rings. The molecule has 0 amide bonds. The Balaban J connectivity index is 5.14. The summed E-state index contributed by atoms with van der Waals surface area (Å²) in [7, 11) is 1.78. The summed E-state index contributed by atoms with van der Waals surface area (Å²) in [5.74, 6) is 0. The fourth-order valence-electron chi connectivity index (χ4n) is 3.40. The summed E-state index contributed by atoms with van der Waals surface area (Å²) in [6.45, 7) is 20.2. The molecular formula is C19H40O2. The molecule has 0 bridgehead atoms. The molecule has 0 saturated heterocycles. The van der Waals surface area contributed by atoms with Crippen molar-refractivity contribution in [2.24, 2.45) is 5.41 Å². The van der Waals surface area contributed by atoms with Gasteiger partial charge >= 0.3 is 0 Å². The monoisotopic (exact) mass is 300 g/mol. The SMILES string of the molecule is CCC(C)(C)CC(CC)(CC)OC(C)(C)CC(C)(C)OC. The van der Waals surface area contributed by atoms with Crippen molar-refractivity contribution >= 4 is 0 Å². The molecule has 0 aromatic rings. The topological polar surface area (TPSA) is 18.5 Å². The maximum Gasteiger partial charge on any atom is 0.0689 e. The van der Waals surface area contributed by atoms with E-state index in [-0.39, 0.29) is 16.8 Å². The van der Waals surface area contributed by atoms with Gasteiger partial charge in [-0.3, -0.25) is 0 Å². The van der Waals surface area contributed by atoms with Crippen LogP contribution in [0.5, 0.6) is 0 Å². The van der Waals surface area contributed by atoms with Gasteiger partial charge in [0.05, 0.1) is 16.8 Å². The predicted molar refractivity (Wildman–Crippen MR) is 92.9 cm³/mol. The molecule has 0 N–H and O–H groups in total. The first-order chi connectivity index (χ1) is 9.36. The first-order valence-corrected chi connectivity index (χ1v) is 8.62. The lowest BCUT2D eigenvalue weighted by atomic mass is 9.75. The molecule has 2 heteroatoms. The van der Waals surface area contributed by atoms with E-state index >= 15 is 0 Å². The quantitative estimate of drug-likeness (QED) is 0.494. The number of ether oxygens (including phenoxy) is 2. The molecule has 0 spiro atoms. The summed E-state index contributed by atoms with van der Waals surface area (Å²) in [6, 6.07) is 0. The van der Waals surface area contributed by atoms with Gasteiger partial charge in [-0.05, 0) is 52.4 Å². The molecule has 0 rings (SSSR count). The van der Waals surface area contributed by atoms with E-state index in [2.05, 4.69) is 62.3 Å². The molecule has 2 nitrogen and oxygen atoms in total. The van der Waals surface area contributed by atoms with Gasteiger partial charge in [-0.15, -0.1) is 0 Å². The highest BCUT2D eigenvalue weighted by Gasteiger charge is 2.40. The van der Waals surface area contributed by atoms with Crippen molar-refractivity contribution in [3.05, 3.63) is 0 Å². The largest absolute Gasteiger partial charge is 0.379 e. The van der Waals surface area contributed by atoms with Crippen molar-refractivity contribution in [3.63, 3.8) is 0 Å². The van der Waals surface area contributed by atoms with Crippen LogP contribution in [0.15, 0.2) is 0 Å². The molecule has 21 heavy (non-hydrogen) atoms. The normalized spacial score (nSPS) is 14.6. The maximum absolute atomic E-state index is 6.72. The molecule has 0 aliphatic heterocycles. The Labute approximate surface area is 134 Å². The van der Waals surface area contributed by atoms with E-state index in [4.69, 9.17) is 9.47 Å². The minimum absolute atomic E-state index is 0.0349. The summed E-state index contributed by atoms with van der Waals surface area (Å²) >= 11 is 0. The lowest BCUT2D eigenvalue weighted by Gasteiger charge is -2.46. The third kappa shape index (κ3) is 7.15. The van der Waals surface area contributed by atoms with Crippen LogP contribution in [0.3, 0.4) is 0 Å². The lowest BCUT2D eigenvalue weighted by Crippen LogP contribution is -2.46. The van der Waals surface area contributed by atoms with Crippen molar-refractivity contribution in [1.29, 1.82) is 0 Å². The average molecular weight is 301 g/mol. The number of hydrogen-bond donors (Lipinski definition) is 0. The van der Waals surface area contributed by atoms with Gasteiger partial charge in [-0.25, -0.2) is 0 Å². The van der Waals surface area contributed by atoms with Gasteiger partial charge in [0.2, 0.25) is 0 Å². The van der Waals surface area contributed by atoms with Crippen LogP contribution >= 0.6 is 0 Å². The van der Waals surface area contributed by atoms with Crippen molar-refractivity contribution in [3.8, 4) is 0 Å². The summed E-state index contributed by atoms with van der Waals surface area (Å²) in [5, 5.41) is 0. The van der Waals surface area contributed by atoms with E-state index in [9.17, 15) is 0 Å². The zero-order valence-electron chi connectivity index (χ0n) is 16.4. The molecule has 0 heterocycles. The predicted octanol–water partition coefficient (Wildman–Crippen LogP) is 5.98. The van der Waals surface area contributed by atoms with Crippen LogP contribution in [-0.2, 0) is 9.47 Å². The smallest absolute Gasteiger partial charge is 0.0689 e. The Kier molecular flexibility index (Phi) is 7.43. The molecule has 0 aliphatic carbocycles.